The highest BCUT2D eigenvalue weighted by Crippen LogP contribution is 2.40. The van der Waals surface area contributed by atoms with Gasteiger partial charge in [-0.1, -0.05) is 31.9 Å². The fraction of sp³-hybridized carbons (Fsp3) is 0.500. The summed E-state index contributed by atoms with van der Waals surface area (Å²) in [5.41, 5.74) is 2.85. The molecule has 0 fully saturated rings. The van der Waals surface area contributed by atoms with Gasteiger partial charge in [-0.25, -0.2) is 8.42 Å². The topological polar surface area (TPSA) is 43.4 Å². The predicted molar refractivity (Wildman–Crippen MR) is 81.5 cm³/mol. The Balaban J connectivity index is 3.38. The molecule has 0 aliphatic heterocycles. The molecule has 1 unspecified atom stereocenters. The number of hydrogen-bond acceptors (Lipinski definition) is 3. The van der Waals surface area contributed by atoms with Crippen LogP contribution in [0.1, 0.15) is 21.5 Å². The molecule has 0 amide bonds. The van der Waals surface area contributed by atoms with Crippen molar-refractivity contribution in [2.45, 2.75) is 18.7 Å². The molecule has 0 radical (unpaired) electrons. The zero-order chi connectivity index (χ0) is 14.1. The van der Waals surface area contributed by atoms with Gasteiger partial charge in [0.1, 0.15) is 15.6 Å². The summed E-state index contributed by atoms with van der Waals surface area (Å²) in [4.78, 5) is -0.279. The van der Waals surface area contributed by atoms with Crippen molar-refractivity contribution < 1.29 is 13.2 Å². The van der Waals surface area contributed by atoms with E-state index in [0.717, 1.165) is 26.9 Å². The molecule has 1 rings (SSSR count). The number of ether oxygens (including phenoxy) is 1. The molecule has 1 aromatic rings. The van der Waals surface area contributed by atoms with Gasteiger partial charge in [-0.3, -0.25) is 0 Å². The van der Waals surface area contributed by atoms with E-state index in [0.29, 0.717) is 0 Å². The van der Waals surface area contributed by atoms with E-state index in [2.05, 4.69) is 31.9 Å². The first kappa shape index (κ1) is 16.0. The Morgan fingerprint density at radius 3 is 2.39 bits per heavy atom. The lowest BCUT2D eigenvalue weighted by atomic mass is 10.0. The molecule has 0 bridgehead atoms. The van der Waals surface area contributed by atoms with Crippen molar-refractivity contribution in [1.82, 2.24) is 0 Å². The van der Waals surface area contributed by atoms with Gasteiger partial charge in [0.2, 0.25) is 0 Å². The molecule has 1 atom stereocenters. The normalized spacial score (nSPS) is 13.4. The number of alkyl halides is 1. The van der Waals surface area contributed by atoms with Crippen LogP contribution in [0.3, 0.4) is 0 Å². The van der Waals surface area contributed by atoms with Gasteiger partial charge in [-0.2, -0.15) is 0 Å². The molecule has 0 N–H and O–H groups in total. The number of aryl methyl sites for hydroxylation is 1. The molecule has 18 heavy (non-hydrogen) atoms. The van der Waals surface area contributed by atoms with Gasteiger partial charge in [-0.05, 0) is 31.0 Å². The summed E-state index contributed by atoms with van der Waals surface area (Å²) in [5.74, 6) is 0.779. The van der Waals surface area contributed by atoms with Gasteiger partial charge in [0.05, 0.1) is 17.7 Å². The summed E-state index contributed by atoms with van der Waals surface area (Å²) >= 11 is 6.93. The van der Waals surface area contributed by atoms with Gasteiger partial charge >= 0.3 is 0 Å². The highest BCUT2D eigenvalue weighted by Gasteiger charge is 2.22. The molecular weight excluding hydrogens is 384 g/mol. The average molecular weight is 400 g/mol. The van der Waals surface area contributed by atoms with E-state index in [1.807, 2.05) is 19.9 Å². The molecule has 1 aromatic carbocycles. The smallest absolute Gasteiger partial charge is 0.148 e. The van der Waals surface area contributed by atoms with Gasteiger partial charge in [0, 0.05) is 16.3 Å². The van der Waals surface area contributed by atoms with Crippen LogP contribution in [-0.4, -0.2) is 27.5 Å². The molecule has 0 spiro atoms. The molecule has 0 aromatic heterocycles. The van der Waals surface area contributed by atoms with E-state index < -0.39 is 9.84 Å². The SMILES string of the molecule is COc1c(C)cc(Br)c(C)c1C(Br)CS(C)(=O)=O. The van der Waals surface area contributed by atoms with Gasteiger partial charge < -0.3 is 4.74 Å². The first-order valence-electron chi connectivity index (χ1n) is 5.32. The maximum atomic E-state index is 11.4. The average Bonchev–Trinajstić information content (AvgIpc) is 2.20. The van der Waals surface area contributed by atoms with Crippen molar-refractivity contribution in [3.63, 3.8) is 0 Å². The summed E-state index contributed by atoms with van der Waals surface area (Å²) in [6.07, 6.45) is 1.23. The largest absolute Gasteiger partial charge is 0.496 e. The summed E-state index contributed by atoms with van der Waals surface area (Å²) in [7, 11) is -1.46. The van der Waals surface area contributed by atoms with E-state index >= 15 is 0 Å². The summed E-state index contributed by atoms with van der Waals surface area (Å²) in [6.45, 7) is 3.88. The molecule has 0 aliphatic carbocycles. The molecule has 0 aliphatic rings. The second-order valence-electron chi connectivity index (χ2n) is 4.31. The van der Waals surface area contributed by atoms with Crippen LogP contribution in [0.4, 0.5) is 0 Å². The zero-order valence-electron chi connectivity index (χ0n) is 10.8. The third-order valence-corrected chi connectivity index (χ3v) is 5.65. The van der Waals surface area contributed by atoms with E-state index in [-0.39, 0.29) is 10.6 Å². The number of halogens is 2. The molecule has 6 heteroatoms. The van der Waals surface area contributed by atoms with Crippen LogP contribution in [-0.2, 0) is 9.84 Å². The van der Waals surface area contributed by atoms with Crippen molar-refractivity contribution in [3.8, 4) is 5.75 Å². The lowest BCUT2D eigenvalue weighted by Crippen LogP contribution is -2.11. The summed E-state index contributed by atoms with van der Waals surface area (Å²) in [5, 5.41) is 0. The van der Waals surface area contributed by atoms with Crippen molar-refractivity contribution in [3.05, 3.63) is 27.2 Å². The Bertz CT molecular complexity index is 553. The minimum absolute atomic E-state index is 0.0418. The third-order valence-electron chi connectivity index (χ3n) is 2.67. The van der Waals surface area contributed by atoms with Gasteiger partial charge in [0.25, 0.3) is 0 Å². The van der Waals surface area contributed by atoms with Gasteiger partial charge in [-0.15, -0.1) is 0 Å². The molecule has 0 saturated heterocycles. The molecule has 0 heterocycles. The van der Waals surface area contributed by atoms with E-state index in [1.165, 1.54) is 6.26 Å². The van der Waals surface area contributed by atoms with Crippen LogP contribution >= 0.6 is 31.9 Å². The second-order valence-corrected chi connectivity index (χ2v) is 8.45. The number of rotatable bonds is 4. The van der Waals surface area contributed by atoms with Crippen molar-refractivity contribution in [1.29, 1.82) is 0 Å². The Kier molecular flexibility index (Phi) is 5.26. The Hall–Kier alpha value is -0.0700. The molecule has 102 valence electrons. The monoisotopic (exact) mass is 398 g/mol. The van der Waals surface area contributed by atoms with E-state index in [9.17, 15) is 8.42 Å². The fourth-order valence-electron chi connectivity index (χ4n) is 1.87. The van der Waals surface area contributed by atoms with Gasteiger partial charge in [0.15, 0.2) is 0 Å². The Morgan fingerprint density at radius 1 is 1.39 bits per heavy atom. The lowest BCUT2D eigenvalue weighted by Gasteiger charge is -2.19. The van der Waals surface area contributed by atoms with Crippen LogP contribution < -0.4 is 4.74 Å². The van der Waals surface area contributed by atoms with Crippen molar-refractivity contribution >= 4 is 41.7 Å². The van der Waals surface area contributed by atoms with Crippen LogP contribution in [0.25, 0.3) is 0 Å². The highest BCUT2D eigenvalue weighted by molar-refractivity contribution is 9.10. The maximum Gasteiger partial charge on any atom is 0.148 e. The highest BCUT2D eigenvalue weighted by atomic mass is 79.9. The molecule has 3 nitrogen and oxygen atoms in total. The minimum Gasteiger partial charge on any atom is -0.496 e. The van der Waals surface area contributed by atoms with Crippen molar-refractivity contribution in [2.75, 3.05) is 19.1 Å². The number of benzene rings is 1. The number of sulfone groups is 1. The lowest BCUT2D eigenvalue weighted by molar-refractivity contribution is 0.406. The maximum absolute atomic E-state index is 11.4. The number of hydrogen-bond donors (Lipinski definition) is 0. The molecular formula is C12H16Br2O3S. The fourth-order valence-corrected chi connectivity index (χ4v) is 5.12. The number of methoxy groups -OCH3 is 1. The second kappa shape index (κ2) is 5.92. The third kappa shape index (κ3) is 3.71. The first-order chi connectivity index (χ1) is 8.17. The summed E-state index contributed by atoms with van der Waals surface area (Å²) < 4.78 is 29.2. The quantitative estimate of drug-likeness (QED) is 0.727. The Morgan fingerprint density at radius 2 is 1.94 bits per heavy atom. The predicted octanol–water partition coefficient (Wildman–Crippen LogP) is 3.56. The first-order valence-corrected chi connectivity index (χ1v) is 9.09. The van der Waals surface area contributed by atoms with Crippen LogP contribution in [0.5, 0.6) is 5.75 Å². The van der Waals surface area contributed by atoms with Crippen LogP contribution in [0, 0.1) is 13.8 Å². The minimum atomic E-state index is -3.06. The van der Waals surface area contributed by atoms with E-state index in [4.69, 9.17) is 4.74 Å². The zero-order valence-corrected chi connectivity index (χ0v) is 14.7. The standard InChI is InChI=1S/C12H16Br2O3S/c1-7-5-9(13)8(2)11(12(7)17-3)10(14)6-18(4,15)16/h5,10H,6H2,1-4H3. The van der Waals surface area contributed by atoms with Crippen LogP contribution in [0.2, 0.25) is 0 Å². The Labute approximate surface area is 125 Å². The molecule has 0 saturated carbocycles. The van der Waals surface area contributed by atoms with Crippen LogP contribution in [0.15, 0.2) is 10.5 Å². The van der Waals surface area contributed by atoms with E-state index in [1.54, 1.807) is 7.11 Å². The van der Waals surface area contributed by atoms with Crippen molar-refractivity contribution in [2.24, 2.45) is 0 Å². The summed E-state index contributed by atoms with van der Waals surface area (Å²) in [6, 6.07) is 1.97.